The van der Waals surface area contributed by atoms with E-state index in [0.717, 1.165) is 43.9 Å². The highest BCUT2D eigenvalue weighted by atomic mass is 16.5. The lowest BCUT2D eigenvalue weighted by atomic mass is 9.84. The van der Waals surface area contributed by atoms with E-state index in [1.165, 1.54) is 11.1 Å². The average molecular weight is 338 g/mol. The number of aliphatic hydroxyl groups is 1. The quantitative estimate of drug-likeness (QED) is 0.933. The molecule has 132 valence electrons. The third-order valence-electron chi connectivity index (χ3n) is 5.48. The summed E-state index contributed by atoms with van der Waals surface area (Å²) in [4.78, 5) is 4.84. The van der Waals surface area contributed by atoms with Gasteiger partial charge in [0.2, 0.25) is 0 Å². The Hall–Kier alpha value is -1.88. The maximum Gasteiger partial charge on any atom is 0.153 e. The molecule has 0 bridgehead atoms. The average Bonchev–Trinajstić information content (AvgIpc) is 2.68. The topological polar surface area (TPSA) is 35.9 Å². The minimum absolute atomic E-state index is 0.0661. The highest BCUT2D eigenvalue weighted by Gasteiger charge is 2.34. The third kappa shape index (κ3) is 3.43. The summed E-state index contributed by atoms with van der Waals surface area (Å²) in [7, 11) is 2.18. The number of likely N-dealkylation sites (N-methyl/N-ethyl adjacent to an activating group) is 1. The fraction of sp³-hybridized carbons (Fsp3) is 0.429. The first kappa shape index (κ1) is 16.6. The molecule has 2 aromatic carbocycles. The van der Waals surface area contributed by atoms with E-state index in [1.807, 2.05) is 12.1 Å². The van der Waals surface area contributed by atoms with Crippen molar-refractivity contribution < 1.29 is 9.84 Å². The Morgan fingerprint density at radius 2 is 1.80 bits per heavy atom. The van der Waals surface area contributed by atoms with Crippen molar-refractivity contribution in [2.24, 2.45) is 0 Å². The van der Waals surface area contributed by atoms with Crippen LogP contribution in [0, 0.1) is 0 Å². The predicted molar refractivity (Wildman–Crippen MR) is 98.8 cm³/mol. The molecular formula is C21H26N2O2. The van der Waals surface area contributed by atoms with E-state index in [1.54, 1.807) is 0 Å². The van der Waals surface area contributed by atoms with Gasteiger partial charge in [-0.3, -0.25) is 4.90 Å². The smallest absolute Gasteiger partial charge is 0.153 e. The van der Waals surface area contributed by atoms with Crippen LogP contribution in [0.4, 0.5) is 0 Å². The molecule has 2 heterocycles. The van der Waals surface area contributed by atoms with Gasteiger partial charge in [-0.2, -0.15) is 0 Å². The van der Waals surface area contributed by atoms with Crippen LogP contribution in [0.25, 0.3) is 0 Å². The lowest BCUT2D eigenvalue weighted by molar-refractivity contribution is -0.0189. The number of benzene rings is 2. The van der Waals surface area contributed by atoms with Gasteiger partial charge in [0.05, 0.1) is 6.61 Å². The Balaban J connectivity index is 1.67. The first-order valence-electron chi connectivity index (χ1n) is 9.12. The van der Waals surface area contributed by atoms with Gasteiger partial charge in [0.25, 0.3) is 0 Å². The third-order valence-corrected chi connectivity index (χ3v) is 5.48. The monoisotopic (exact) mass is 338 g/mol. The first-order chi connectivity index (χ1) is 12.2. The maximum atomic E-state index is 9.52. The zero-order valence-electron chi connectivity index (χ0n) is 14.8. The largest absolute Gasteiger partial charge is 0.475 e. The van der Waals surface area contributed by atoms with Gasteiger partial charge in [-0.05, 0) is 30.3 Å². The van der Waals surface area contributed by atoms with Gasteiger partial charge in [-0.15, -0.1) is 0 Å². The molecular weight excluding hydrogens is 312 g/mol. The summed E-state index contributed by atoms with van der Waals surface area (Å²) in [6.45, 7) is 4.34. The molecule has 2 aromatic rings. The van der Waals surface area contributed by atoms with Gasteiger partial charge in [0.1, 0.15) is 5.75 Å². The van der Waals surface area contributed by atoms with E-state index in [4.69, 9.17) is 4.74 Å². The molecule has 2 aliphatic rings. The van der Waals surface area contributed by atoms with Crippen molar-refractivity contribution in [3.63, 3.8) is 0 Å². The first-order valence-corrected chi connectivity index (χ1v) is 9.12. The van der Waals surface area contributed by atoms with Crippen molar-refractivity contribution in [1.29, 1.82) is 0 Å². The highest BCUT2D eigenvalue weighted by molar-refractivity contribution is 5.46. The van der Waals surface area contributed by atoms with Crippen LogP contribution in [0.15, 0.2) is 48.5 Å². The van der Waals surface area contributed by atoms with Crippen molar-refractivity contribution >= 4 is 0 Å². The lowest BCUT2D eigenvalue weighted by Crippen LogP contribution is -2.52. The van der Waals surface area contributed by atoms with Crippen molar-refractivity contribution in [3.05, 3.63) is 65.2 Å². The van der Waals surface area contributed by atoms with Crippen molar-refractivity contribution in [2.75, 3.05) is 33.2 Å². The molecule has 0 aromatic heterocycles. The van der Waals surface area contributed by atoms with E-state index in [2.05, 4.69) is 53.2 Å². The van der Waals surface area contributed by atoms with Gasteiger partial charge in [0, 0.05) is 44.1 Å². The van der Waals surface area contributed by atoms with Crippen LogP contribution in [-0.2, 0) is 6.61 Å². The second-order valence-electron chi connectivity index (χ2n) is 7.14. The molecule has 0 radical (unpaired) electrons. The van der Waals surface area contributed by atoms with Crippen molar-refractivity contribution in [3.8, 4) is 5.75 Å². The molecule has 4 heteroatoms. The molecule has 0 aliphatic carbocycles. The standard InChI is InChI=1S/C21H26N2O2/c1-22-9-11-23(12-10-22)21-14-18(17-5-3-2-4-6-17)19-13-16(15-24)7-8-20(19)25-21/h2-8,13,18,21,24H,9-12,14-15H2,1H3. The molecule has 1 fully saturated rings. The molecule has 0 amide bonds. The van der Waals surface area contributed by atoms with Crippen LogP contribution < -0.4 is 4.74 Å². The van der Waals surface area contributed by atoms with Crippen molar-refractivity contribution in [2.45, 2.75) is 25.2 Å². The fourth-order valence-electron chi connectivity index (χ4n) is 3.93. The second kappa shape index (κ2) is 7.16. The number of aliphatic hydroxyl groups excluding tert-OH is 1. The molecule has 0 spiro atoms. The molecule has 2 aliphatic heterocycles. The molecule has 1 N–H and O–H groups in total. The summed E-state index contributed by atoms with van der Waals surface area (Å²) >= 11 is 0. The van der Waals surface area contributed by atoms with Gasteiger partial charge < -0.3 is 14.7 Å². The van der Waals surface area contributed by atoms with E-state index < -0.39 is 0 Å². The minimum atomic E-state index is 0.0661. The maximum absolute atomic E-state index is 9.52. The Morgan fingerprint density at radius 1 is 1.04 bits per heavy atom. The number of hydrogen-bond acceptors (Lipinski definition) is 4. The van der Waals surface area contributed by atoms with Gasteiger partial charge in [0.15, 0.2) is 6.23 Å². The number of ether oxygens (including phenoxy) is 1. The summed E-state index contributed by atoms with van der Waals surface area (Å²) in [5, 5.41) is 9.52. The van der Waals surface area contributed by atoms with Gasteiger partial charge in [-0.25, -0.2) is 0 Å². The zero-order valence-corrected chi connectivity index (χ0v) is 14.8. The molecule has 25 heavy (non-hydrogen) atoms. The van der Waals surface area contributed by atoms with Crippen LogP contribution in [0.2, 0.25) is 0 Å². The molecule has 2 atom stereocenters. The predicted octanol–water partition coefficient (Wildman–Crippen LogP) is 2.67. The second-order valence-corrected chi connectivity index (χ2v) is 7.14. The summed E-state index contributed by atoms with van der Waals surface area (Å²) in [5.74, 6) is 1.27. The number of fused-ring (bicyclic) bond motifs is 1. The van der Waals surface area contributed by atoms with Crippen LogP contribution in [0.1, 0.15) is 29.0 Å². The van der Waals surface area contributed by atoms with Crippen LogP contribution in [-0.4, -0.2) is 54.4 Å². The van der Waals surface area contributed by atoms with E-state index in [-0.39, 0.29) is 12.8 Å². The lowest BCUT2D eigenvalue weighted by Gasteiger charge is -2.42. The highest BCUT2D eigenvalue weighted by Crippen LogP contribution is 2.41. The van der Waals surface area contributed by atoms with E-state index in [9.17, 15) is 5.11 Å². The summed E-state index contributed by atoms with van der Waals surface area (Å²) in [5.41, 5.74) is 3.46. The van der Waals surface area contributed by atoms with Crippen LogP contribution in [0.5, 0.6) is 5.75 Å². The molecule has 4 nitrogen and oxygen atoms in total. The van der Waals surface area contributed by atoms with E-state index >= 15 is 0 Å². The van der Waals surface area contributed by atoms with Crippen LogP contribution in [0.3, 0.4) is 0 Å². The Morgan fingerprint density at radius 3 is 2.52 bits per heavy atom. The molecule has 1 saturated heterocycles. The van der Waals surface area contributed by atoms with Crippen molar-refractivity contribution in [1.82, 2.24) is 9.80 Å². The summed E-state index contributed by atoms with van der Waals surface area (Å²) in [6, 6.07) is 16.8. The Bertz CT molecular complexity index is 711. The molecule has 0 saturated carbocycles. The van der Waals surface area contributed by atoms with Crippen LogP contribution >= 0.6 is 0 Å². The summed E-state index contributed by atoms with van der Waals surface area (Å²) in [6.07, 6.45) is 1.07. The normalized spacial score (nSPS) is 24.6. The van der Waals surface area contributed by atoms with Gasteiger partial charge >= 0.3 is 0 Å². The number of piperazine rings is 1. The number of nitrogens with zero attached hydrogens (tertiary/aromatic N) is 2. The zero-order chi connectivity index (χ0) is 17.2. The number of rotatable bonds is 3. The fourth-order valence-corrected chi connectivity index (χ4v) is 3.93. The minimum Gasteiger partial charge on any atom is -0.475 e. The Kier molecular flexibility index (Phi) is 4.75. The molecule has 2 unspecified atom stereocenters. The summed E-state index contributed by atoms with van der Waals surface area (Å²) < 4.78 is 6.38. The molecule has 4 rings (SSSR count). The SMILES string of the molecule is CN1CCN(C2CC(c3ccccc3)c3cc(CO)ccc3O2)CC1. The van der Waals surface area contributed by atoms with E-state index in [0.29, 0.717) is 5.92 Å². The van der Waals surface area contributed by atoms with Gasteiger partial charge in [-0.1, -0.05) is 36.4 Å². The Labute approximate surface area is 149 Å². The number of hydrogen-bond donors (Lipinski definition) is 1.